The van der Waals surface area contributed by atoms with Gasteiger partial charge in [-0.05, 0) is 39.5 Å². The van der Waals surface area contributed by atoms with Crippen LogP contribution in [0.1, 0.15) is 33.6 Å². The molecule has 0 aromatic carbocycles. The molecule has 0 aromatic heterocycles. The number of aliphatic hydroxyl groups is 1. The number of esters is 1. The Bertz CT molecular complexity index is 192. The Hall–Kier alpha value is -0.570. The minimum Gasteiger partial charge on any atom is -0.466 e. The summed E-state index contributed by atoms with van der Waals surface area (Å²) in [5.74, 6) is 0.133. The van der Waals surface area contributed by atoms with Crippen LogP contribution in [0.2, 0.25) is 0 Å². The van der Waals surface area contributed by atoms with Crippen molar-refractivity contribution in [1.29, 1.82) is 0 Å². The lowest BCUT2D eigenvalue weighted by Gasteiger charge is -2.41. The molecule has 0 bridgehead atoms. The van der Waals surface area contributed by atoms with Gasteiger partial charge in [0.05, 0.1) is 18.1 Å². The number of hydrogen-bond donors (Lipinski definition) is 1. The second-order valence-electron chi connectivity index (χ2n) is 4.26. The molecule has 3 heteroatoms. The lowest BCUT2D eigenvalue weighted by atomic mass is 9.66. The van der Waals surface area contributed by atoms with Crippen LogP contribution in [-0.2, 0) is 9.53 Å². The highest BCUT2D eigenvalue weighted by Gasteiger charge is 2.44. The summed E-state index contributed by atoms with van der Waals surface area (Å²) in [5, 5.41) is 9.14. The van der Waals surface area contributed by atoms with Crippen LogP contribution in [0.15, 0.2) is 0 Å². The van der Waals surface area contributed by atoms with E-state index in [0.717, 1.165) is 12.8 Å². The second-order valence-corrected chi connectivity index (χ2v) is 4.26. The number of rotatable bonds is 3. The number of carbonyl (C=O) groups excluding carboxylic acids is 1. The van der Waals surface area contributed by atoms with Crippen molar-refractivity contribution in [3.8, 4) is 0 Å². The third-order valence-corrected chi connectivity index (χ3v) is 2.94. The van der Waals surface area contributed by atoms with Gasteiger partial charge in [0, 0.05) is 0 Å². The first-order valence-corrected chi connectivity index (χ1v) is 4.83. The van der Waals surface area contributed by atoms with Crippen LogP contribution >= 0.6 is 0 Å². The van der Waals surface area contributed by atoms with Crippen molar-refractivity contribution in [2.45, 2.75) is 39.7 Å². The van der Waals surface area contributed by atoms with Crippen molar-refractivity contribution in [2.24, 2.45) is 11.3 Å². The summed E-state index contributed by atoms with van der Waals surface area (Å²) in [7, 11) is 0. The van der Waals surface area contributed by atoms with Gasteiger partial charge in [0.15, 0.2) is 0 Å². The molecule has 3 nitrogen and oxygen atoms in total. The van der Waals surface area contributed by atoms with Crippen LogP contribution in [0.25, 0.3) is 0 Å². The highest BCUT2D eigenvalue weighted by Crippen LogP contribution is 2.42. The Morgan fingerprint density at radius 3 is 2.46 bits per heavy atom. The molecule has 0 radical (unpaired) electrons. The van der Waals surface area contributed by atoms with Gasteiger partial charge in [-0.1, -0.05) is 0 Å². The zero-order chi connectivity index (χ0) is 10.1. The maximum absolute atomic E-state index is 11.5. The molecule has 1 fully saturated rings. The Balaban J connectivity index is 2.50. The molecule has 13 heavy (non-hydrogen) atoms. The fourth-order valence-electron chi connectivity index (χ4n) is 1.66. The van der Waals surface area contributed by atoms with E-state index >= 15 is 0 Å². The number of hydrogen-bond acceptors (Lipinski definition) is 3. The molecule has 0 atom stereocenters. The Morgan fingerprint density at radius 2 is 2.08 bits per heavy atom. The highest BCUT2D eigenvalue weighted by molar-refractivity contribution is 5.76. The normalized spacial score (nSPS) is 28.0. The Kier molecular flexibility index (Phi) is 2.96. The van der Waals surface area contributed by atoms with Gasteiger partial charge in [-0.15, -0.1) is 0 Å². The van der Waals surface area contributed by atoms with Crippen molar-refractivity contribution in [2.75, 3.05) is 6.61 Å². The summed E-state index contributed by atoms with van der Waals surface area (Å²) < 4.78 is 4.98. The molecule has 76 valence electrons. The summed E-state index contributed by atoms with van der Waals surface area (Å²) in [6, 6.07) is 0. The van der Waals surface area contributed by atoms with Crippen molar-refractivity contribution >= 4 is 5.97 Å². The van der Waals surface area contributed by atoms with Gasteiger partial charge in [-0.2, -0.15) is 0 Å². The quantitative estimate of drug-likeness (QED) is 0.677. The molecule has 0 saturated heterocycles. The van der Waals surface area contributed by atoms with Gasteiger partial charge >= 0.3 is 5.97 Å². The summed E-state index contributed by atoms with van der Waals surface area (Å²) in [5.41, 5.74) is -0.435. The van der Waals surface area contributed by atoms with E-state index in [-0.39, 0.29) is 18.0 Å². The Morgan fingerprint density at radius 1 is 1.54 bits per heavy atom. The number of aliphatic hydroxyl groups excluding tert-OH is 1. The van der Waals surface area contributed by atoms with E-state index in [4.69, 9.17) is 9.84 Å². The molecule has 1 N–H and O–H groups in total. The lowest BCUT2D eigenvalue weighted by molar-refractivity contribution is -0.161. The van der Waals surface area contributed by atoms with Gasteiger partial charge in [-0.25, -0.2) is 0 Å². The number of carbonyl (C=O) groups is 1. The van der Waals surface area contributed by atoms with Crippen molar-refractivity contribution < 1.29 is 14.6 Å². The monoisotopic (exact) mass is 186 g/mol. The first kappa shape index (κ1) is 10.5. The molecule has 1 aliphatic rings. The standard InChI is InChI=1S/C10H18O3/c1-4-13-9(12)10(2,3)7-5-8(11)6-7/h7-8,11H,4-6H2,1-3H3. The molecule has 0 spiro atoms. The third-order valence-electron chi connectivity index (χ3n) is 2.94. The molecule has 0 heterocycles. The SMILES string of the molecule is CCOC(=O)C(C)(C)C1CC(O)C1. The Labute approximate surface area is 79.1 Å². The first-order valence-electron chi connectivity index (χ1n) is 4.83. The van der Waals surface area contributed by atoms with E-state index in [1.807, 2.05) is 20.8 Å². The van der Waals surface area contributed by atoms with E-state index < -0.39 is 5.41 Å². The van der Waals surface area contributed by atoms with Crippen LogP contribution in [0, 0.1) is 11.3 Å². The molecular weight excluding hydrogens is 168 g/mol. The fraction of sp³-hybridized carbons (Fsp3) is 0.900. The molecule has 1 aliphatic carbocycles. The van der Waals surface area contributed by atoms with Gasteiger partial charge < -0.3 is 9.84 Å². The minimum atomic E-state index is -0.435. The largest absolute Gasteiger partial charge is 0.466 e. The zero-order valence-electron chi connectivity index (χ0n) is 8.54. The zero-order valence-corrected chi connectivity index (χ0v) is 8.54. The minimum absolute atomic E-state index is 0.146. The van der Waals surface area contributed by atoms with Crippen LogP contribution in [0.3, 0.4) is 0 Å². The maximum Gasteiger partial charge on any atom is 0.311 e. The van der Waals surface area contributed by atoms with Gasteiger partial charge in [0.2, 0.25) is 0 Å². The van der Waals surface area contributed by atoms with E-state index in [2.05, 4.69) is 0 Å². The van der Waals surface area contributed by atoms with Crippen molar-refractivity contribution in [3.63, 3.8) is 0 Å². The molecule has 0 amide bonds. The smallest absolute Gasteiger partial charge is 0.311 e. The van der Waals surface area contributed by atoms with Crippen LogP contribution in [-0.4, -0.2) is 23.8 Å². The molecule has 1 saturated carbocycles. The molecule has 0 unspecified atom stereocenters. The number of ether oxygens (including phenoxy) is 1. The topological polar surface area (TPSA) is 46.5 Å². The van der Waals surface area contributed by atoms with Gasteiger partial charge in [0.25, 0.3) is 0 Å². The van der Waals surface area contributed by atoms with Crippen molar-refractivity contribution in [1.82, 2.24) is 0 Å². The first-order chi connectivity index (χ1) is 5.98. The van der Waals surface area contributed by atoms with E-state index in [1.165, 1.54) is 0 Å². The van der Waals surface area contributed by atoms with E-state index in [1.54, 1.807) is 0 Å². The van der Waals surface area contributed by atoms with E-state index in [0.29, 0.717) is 6.61 Å². The predicted octanol–water partition coefficient (Wildman–Crippen LogP) is 1.35. The van der Waals surface area contributed by atoms with Gasteiger partial charge in [-0.3, -0.25) is 4.79 Å². The van der Waals surface area contributed by atoms with Crippen molar-refractivity contribution in [3.05, 3.63) is 0 Å². The predicted molar refractivity (Wildman–Crippen MR) is 49.1 cm³/mol. The second kappa shape index (κ2) is 3.66. The van der Waals surface area contributed by atoms with Crippen LogP contribution in [0.5, 0.6) is 0 Å². The fourth-order valence-corrected chi connectivity index (χ4v) is 1.66. The van der Waals surface area contributed by atoms with Gasteiger partial charge in [0.1, 0.15) is 0 Å². The average Bonchev–Trinajstić information content (AvgIpc) is 1.99. The molecule has 0 aliphatic heterocycles. The molecule has 1 rings (SSSR count). The average molecular weight is 186 g/mol. The maximum atomic E-state index is 11.5. The van der Waals surface area contributed by atoms with Crippen LogP contribution in [0.4, 0.5) is 0 Å². The summed E-state index contributed by atoms with van der Waals surface area (Å²) in [6.07, 6.45) is 1.25. The summed E-state index contributed by atoms with van der Waals surface area (Å²) in [4.78, 5) is 11.5. The lowest BCUT2D eigenvalue weighted by Crippen LogP contribution is -2.44. The summed E-state index contributed by atoms with van der Waals surface area (Å²) >= 11 is 0. The van der Waals surface area contributed by atoms with Crippen LogP contribution < -0.4 is 0 Å². The third kappa shape index (κ3) is 2.02. The highest BCUT2D eigenvalue weighted by atomic mass is 16.5. The molecular formula is C10H18O3. The van der Waals surface area contributed by atoms with E-state index in [9.17, 15) is 4.79 Å². The summed E-state index contributed by atoms with van der Waals surface area (Å²) in [6.45, 7) is 6.02. The molecule has 0 aromatic rings.